The van der Waals surface area contributed by atoms with Crippen LogP contribution in [-0.2, 0) is 6.42 Å². The summed E-state index contributed by atoms with van der Waals surface area (Å²) in [5, 5.41) is 20.9. The van der Waals surface area contributed by atoms with Crippen molar-refractivity contribution in [2.75, 3.05) is 35.0 Å². The minimum atomic E-state index is -2.93. The summed E-state index contributed by atoms with van der Waals surface area (Å²) in [6.45, 7) is 12.0. The van der Waals surface area contributed by atoms with Crippen molar-refractivity contribution in [3.05, 3.63) is 59.7 Å². The van der Waals surface area contributed by atoms with Crippen LogP contribution in [-0.4, -0.2) is 63.7 Å². The molecule has 2 aromatic rings. The Morgan fingerprint density at radius 2 is 1.82 bits per heavy atom. The van der Waals surface area contributed by atoms with Crippen molar-refractivity contribution < 1.29 is 19.0 Å². The van der Waals surface area contributed by atoms with Crippen molar-refractivity contribution in [1.82, 2.24) is 10.6 Å². The molecular weight excluding hydrogens is 500 g/mol. The molecule has 1 aliphatic heterocycles. The quantitative estimate of drug-likeness (QED) is 0.232. The highest BCUT2D eigenvalue weighted by molar-refractivity contribution is 8.25. The van der Waals surface area contributed by atoms with Crippen LogP contribution in [0.2, 0.25) is 0 Å². The Morgan fingerprint density at radius 3 is 2.45 bits per heavy atom. The lowest BCUT2D eigenvalue weighted by Crippen LogP contribution is -2.51. The van der Waals surface area contributed by atoms with Gasteiger partial charge in [-0.05, 0) is 62.3 Å². The molecule has 0 spiro atoms. The normalized spacial score (nSPS) is 18.8. The number of carbonyl (C=O) groups excluding carboxylic acids is 1. The Balaban J connectivity index is 1.85. The van der Waals surface area contributed by atoms with Gasteiger partial charge in [0.25, 0.3) is 5.91 Å². The molecule has 0 saturated carbocycles. The number of aliphatic hydroxyl groups excluding tert-OH is 1. The van der Waals surface area contributed by atoms with Crippen LogP contribution in [0.25, 0.3) is 0 Å². The zero-order valence-corrected chi connectivity index (χ0v) is 24.2. The van der Waals surface area contributed by atoms with Crippen molar-refractivity contribution in [2.24, 2.45) is 5.41 Å². The summed E-state index contributed by atoms with van der Waals surface area (Å²) in [6, 6.07) is 14.8. The van der Waals surface area contributed by atoms with E-state index >= 15 is 0 Å². The minimum absolute atomic E-state index is 0.0338. The van der Waals surface area contributed by atoms with Gasteiger partial charge in [-0.3, -0.25) is 18.2 Å². The number of nitrogens with one attached hydrogen (secondary N) is 3. The van der Waals surface area contributed by atoms with Gasteiger partial charge in [-0.15, -0.1) is 10.8 Å². The number of nitrogens with zero attached hydrogens (tertiary/aromatic N) is 1. The number of anilines is 2. The topological polar surface area (TPSA) is 117 Å². The molecule has 3 rings (SSSR count). The maximum atomic E-state index is 13.6. The molecule has 9 heteroatoms. The van der Waals surface area contributed by atoms with Crippen LogP contribution in [0.1, 0.15) is 63.4 Å². The second-order valence-corrected chi connectivity index (χ2v) is 13.4. The Labute approximate surface area is 229 Å². The number of amides is 1. The lowest BCUT2D eigenvalue weighted by molar-refractivity contribution is 0.0813. The van der Waals surface area contributed by atoms with Gasteiger partial charge in [0.1, 0.15) is 0 Å². The fraction of sp³-hybridized carbons (Fsp3) is 0.552. The number of hydrogen-bond donors (Lipinski definition) is 6. The zero-order valence-electron chi connectivity index (χ0n) is 23.4. The molecule has 0 bridgehead atoms. The summed E-state index contributed by atoms with van der Waals surface area (Å²) in [5.74, 6) is 0.00835. The third-order valence-corrected chi connectivity index (χ3v) is 9.18. The van der Waals surface area contributed by atoms with Crippen molar-refractivity contribution in [2.45, 2.75) is 72.1 Å². The van der Waals surface area contributed by atoms with Crippen molar-refractivity contribution in [3.8, 4) is 0 Å². The summed E-state index contributed by atoms with van der Waals surface area (Å²) < 4.78 is 23.0. The SMILES string of the molecule is CCNc1cc(C(=O)N[C@@H](Cc2ccccc2)[C@@H](O)CN[C@@H](C)C(C)(C)C)cc(N2CCCCS2(O)O)c1. The average Bonchev–Trinajstić information content (AvgIpc) is 2.86. The standard InChI is InChI=1S/C29H46N4O4S/c1-6-30-24-17-23(18-25(19-24)33-14-10-11-15-38(33,36)37)28(35)32-26(16-22-12-8-7-9-13-22)27(34)20-31-21(2)29(3,4)5/h7-9,12-13,17-19,21,26-27,30-31,34,36-37H,6,10-11,14-16,20H2,1-5H3,(H,32,35)/t21-,26-,27-/m0/s1. The lowest BCUT2D eigenvalue weighted by Gasteiger charge is -2.47. The van der Waals surface area contributed by atoms with E-state index in [1.807, 2.05) is 43.3 Å². The summed E-state index contributed by atoms with van der Waals surface area (Å²) in [6.07, 6.45) is 1.29. The van der Waals surface area contributed by atoms with E-state index in [0.717, 1.165) is 24.1 Å². The molecule has 212 valence electrons. The first kappa shape index (κ1) is 30.2. The molecule has 0 aliphatic carbocycles. The Hall–Kier alpha value is -2.30. The van der Waals surface area contributed by atoms with Crippen molar-refractivity contribution in [3.63, 3.8) is 0 Å². The van der Waals surface area contributed by atoms with Gasteiger partial charge in [0.15, 0.2) is 0 Å². The highest BCUT2D eigenvalue weighted by Gasteiger charge is 2.29. The second-order valence-electron chi connectivity index (χ2n) is 11.3. The van der Waals surface area contributed by atoms with Crippen LogP contribution in [0.15, 0.2) is 48.5 Å². The fourth-order valence-corrected chi connectivity index (χ4v) is 6.12. The summed E-state index contributed by atoms with van der Waals surface area (Å²) in [4.78, 5) is 13.6. The molecule has 0 radical (unpaired) electrons. The van der Waals surface area contributed by atoms with Crippen molar-refractivity contribution >= 4 is 28.1 Å². The number of aliphatic hydroxyl groups is 1. The molecule has 2 aromatic carbocycles. The summed E-state index contributed by atoms with van der Waals surface area (Å²) in [7, 11) is -2.93. The van der Waals surface area contributed by atoms with Crippen molar-refractivity contribution in [1.29, 1.82) is 0 Å². The number of hydrogen-bond acceptors (Lipinski definition) is 7. The van der Waals surface area contributed by atoms with Crippen LogP contribution in [0.5, 0.6) is 0 Å². The van der Waals surface area contributed by atoms with E-state index in [2.05, 4.69) is 43.6 Å². The predicted molar refractivity (Wildman–Crippen MR) is 159 cm³/mol. The Bertz CT molecular complexity index is 1040. The highest BCUT2D eigenvalue weighted by Crippen LogP contribution is 2.50. The van der Waals surface area contributed by atoms with E-state index in [-0.39, 0.29) is 17.4 Å². The first-order valence-electron chi connectivity index (χ1n) is 13.6. The van der Waals surface area contributed by atoms with Gasteiger partial charge in [0.2, 0.25) is 0 Å². The average molecular weight is 547 g/mol. The van der Waals surface area contributed by atoms with Crippen LogP contribution in [0, 0.1) is 5.41 Å². The molecular formula is C29H46N4O4S. The molecule has 38 heavy (non-hydrogen) atoms. The van der Waals surface area contributed by atoms with Crippen LogP contribution < -0.4 is 20.3 Å². The molecule has 1 aliphatic rings. The smallest absolute Gasteiger partial charge is 0.251 e. The molecule has 8 nitrogen and oxygen atoms in total. The minimum Gasteiger partial charge on any atom is -0.390 e. The van der Waals surface area contributed by atoms with Gasteiger partial charge in [0.05, 0.1) is 23.6 Å². The predicted octanol–water partition coefficient (Wildman–Crippen LogP) is 5.11. The molecule has 1 fully saturated rings. The number of carbonyl (C=O) groups is 1. The summed E-state index contributed by atoms with van der Waals surface area (Å²) >= 11 is 0. The van der Waals surface area contributed by atoms with E-state index in [9.17, 15) is 19.0 Å². The molecule has 1 amide bonds. The molecule has 1 saturated heterocycles. The zero-order chi connectivity index (χ0) is 27.9. The first-order valence-corrected chi connectivity index (χ1v) is 15.3. The monoisotopic (exact) mass is 546 g/mol. The van der Waals surface area contributed by atoms with E-state index in [4.69, 9.17) is 0 Å². The van der Waals surface area contributed by atoms with Gasteiger partial charge in [-0.2, -0.15) is 0 Å². The van der Waals surface area contributed by atoms with E-state index in [0.29, 0.717) is 43.1 Å². The highest BCUT2D eigenvalue weighted by atomic mass is 32.3. The number of rotatable bonds is 11. The second kappa shape index (κ2) is 13.2. The number of benzene rings is 2. The Kier molecular flexibility index (Phi) is 10.5. The maximum Gasteiger partial charge on any atom is 0.251 e. The van der Waals surface area contributed by atoms with Gasteiger partial charge in [-0.1, -0.05) is 51.1 Å². The third kappa shape index (κ3) is 8.35. The lowest BCUT2D eigenvalue weighted by atomic mass is 9.88. The van der Waals surface area contributed by atoms with Crippen LogP contribution in [0.3, 0.4) is 0 Å². The molecule has 6 N–H and O–H groups in total. The molecule has 3 atom stereocenters. The van der Waals surface area contributed by atoms with Gasteiger partial charge in [0, 0.05) is 36.9 Å². The molecule has 0 unspecified atom stereocenters. The van der Waals surface area contributed by atoms with Crippen LogP contribution in [0.4, 0.5) is 11.4 Å². The van der Waals surface area contributed by atoms with E-state index < -0.39 is 22.9 Å². The van der Waals surface area contributed by atoms with Gasteiger partial charge >= 0.3 is 0 Å². The largest absolute Gasteiger partial charge is 0.390 e. The van der Waals surface area contributed by atoms with E-state index in [1.54, 1.807) is 16.4 Å². The first-order chi connectivity index (χ1) is 17.9. The Morgan fingerprint density at radius 1 is 1.11 bits per heavy atom. The van der Waals surface area contributed by atoms with E-state index in [1.165, 1.54) is 0 Å². The maximum absolute atomic E-state index is 13.6. The fourth-order valence-electron chi connectivity index (χ4n) is 4.45. The van der Waals surface area contributed by atoms with Crippen LogP contribution >= 0.6 is 10.8 Å². The molecule has 0 aromatic heterocycles. The van der Waals surface area contributed by atoms with Gasteiger partial charge < -0.3 is 21.1 Å². The molecule has 1 heterocycles. The third-order valence-electron chi connectivity index (χ3n) is 7.24. The summed E-state index contributed by atoms with van der Waals surface area (Å²) in [5.41, 5.74) is 2.79. The van der Waals surface area contributed by atoms with Gasteiger partial charge in [-0.25, -0.2) is 0 Å².